The molecule has 0 bridgehead atoms. The van der Waals surface area contributed by atoms with Crippen LogP contribution in [-0.2, 0) is 9.53 Å². The molecule has 4 nitrogen and oxygen atoms in total. The average molecular weight is 426 g/mol. The summed E-state index contributed by atoms with van der Waals surface area (Å²) in [5.74, 6) is -0.481. The number of benzene rings is 4. The van der Waals surface area contributed by atoms with Gasteiger partial charge in [-0.25, -0.2) is 0 Å². The molecule has 0 aliphatic heterocycles. The zero-order valence-corrected chi connectivity index (χ0v) is 18.0. The summed E-state index contributed by atoms with van der Waals surface area (Å²) >= 11 is 0. The fourth-order valence-corrected chi connectivity index (χ4v) is 3.96. The van der Waals surface area contributed by atoms with Gasteiger partial charge in [-0.2, -0.15) is 0 Å². The molecule has 32 heavy (non-hydrogen) atoms. The zero-order valence-electron chi connectivity index (χ0n) is 18.0. The number of hydrogen-bond donors (Lipinski definition) is 2. The molecule has 2 atom stereocenters. The van der Waals surface area contributed by atoms with Crippen molar-refractivity contribution in [2.24, 2.45) is 0 Å². The molecule has 4 heteroatoms. The van der Waals surface area contributed by atoms with Gasteiger partial charge < -0.3 is 9.84 Å². The van der Waals surface area contributed by atoms with Crippen molar-refractivity contribution >= 4 is 16.7 Å². The average Bonchev–Trinajstić information content (AvgIpc) is 2.85. The SMILES string of the molecule is CCOC(=O)[C@H](NC(c1ccccc1)c1ccccc1)[C@@H](O)c1ccc2ccccc2c1. The molecule has 0 fully saturated rings. The Bertz CT molecular complexity index is 1120. The fraction of sp³-hybridized carbons (Fsp3) is 0.179. The number of fused-ring (bicyclic) bond motifs is 1. The van der Waals surface area contributed by atoms with Gasteiger partial charge in [0.15, 0.2) is 0 Å². The Morgan fingerprint density at radius 1 is 0.781 bits per heavy atom. The Kier molecular flexibility index (Phi) is 6.95. The van der Waals surface area contributed by atoms with Crippen molar-refractivity contribution in [2.45, 2.75) is 25.1 Å². The molecule has 0 radical (unpaired) electrons. The monoisotopic (exact) mass is 425 g/mol. The lowest BCUT2D eigenvalue weighted by atomic mass is 9.94. The second-order valence-electron chi connectivity index (χ2n) is 7.70. The van der Waals surface area contributed by atoms with Crippen molar-refractivity contribution in [1.82, 2.24) is 5.32 Å². The van der Waals surface area contributed by atoms with E-state index in [1.807, 2.05) is 103 Å². The molecule has 0 aliphatic rings. The lowest BCUT2D eigenvalue weighted by Gasteiger charge is -2.29. The Morgan fingerprint density at radius 2 is 1.34 bits per heavy atom. The van der Waals surface area contributed by atoms with Crippen LogP contribution in [0.5, 0.6) is 0 Å². The number of aliphatic hydroxyl groups excluding tert-OH is 1. The van der Waals surface area contributed by atoms with Gasteiger partial charge in [-0.1, -0.05) is 97.1 Å². The van der Waals surface area contributed by atoms with Crippen LogP contribution in [0, 0.1) is 0 Å². The second kappa shape index (κ2) is 10.2. The van der Waals surface area contributed by atoms with E-state index in [4.69, 9.17) is 4.74 Å². The van der Waals surface area contributed by atoms with Crippen molar-refractivity contribution in [3.63, 3.8) is 0 Å². The summed E-state index contributed by atoms with van der Waals surface area (Å²) < 4.78 is 5.35. The maximum Gasteiger partial charge on any atom is 0.326 e. The van der Waals surface area contributed by atoms with E-state index in [-0.39, 0.29) is 12.6 Å². The minimum absolute atomic E-state index is 0.239. The van der Waals surface area contributed by atoms with Crippen LogP contribution in [0.25, 0.3) is 10.8 Å². The molecular weight excluding hydrogens is 398 g/mol. The molecule has 4 rings (SSSR count). The molecule has 0 saturated heterocycles. The maximum absolute atomic E-state index is 13.0. The van der Waals surface area contributed by atoms with E-state index in [0.717, 1.165) is 21.9 Å². The van der Waals surface area contributed by atoms with E-state index in [2.05, 4.69) is 5.32 Å². The third kappa shape index (κ3) is 4.88. The number of esters is 1. The van der Waals surface area contributed by atoms with Gasteiger partial charge in [-0.15, -0.1) is 0 Å². The van der Waals surface area contributed by atoms with Crippen LogP contribution in [0.4, 0.5) is 0 Å². The molecule has 0 heterocycles. The Balaban J connectivity index is 1.71. The van der Waals surface area contributed by atoms with Crippen molar-refractivity contribution in [2.75, 3.05) is 6.61 Å². The smallest absolute Gasteiger partial charge is 0.326 e. The van der Waals surface area contributed by atoms with E-state index in [0.29, 0.717) is 5.56 Å². The second-order valence-corrected chi connectivity index (χ2v) is 7.70. The van der Waals surface area contributed by atoms with Gasteiger partial charge in [0.05, 0.1) is 12.6 Å². The maximum atomic E-state index is 13.0. The first-order chi connectivity index (χ1) is 15.7. The van der Waals surface area contributed by atoms with Crippen LogP contribution < -0.4 is 5.32 Å². The molecule has 0 unspecified atom stereocenters. The van der Waals surface area contributed by atoms with Crippen molar-refractivity contribution in [1.29, 1.82) is 0 Å². The molecule has 162 valence electrons. The largest absolute Gasteiger partial charge is 0.465 e. The van der Waals surface area contributed by atoms with Crippen LogP contribution >= 0.6 is 0 Å². The van der Waals surface area contributed by atoms with Gasteiger partial charge in [-0.3, -0.25) is 10.1 Å². The van der Waals surface area contributed by atoms with Crippen LogP contribution in [0.1, 0.15) is 35.8 Å². The highest BCUT2D eigenvalue weighted by Gasteiger charge is 2.32. The first kappa shape index (κ1) is 21.8. The minimum Gasteiger partial charge on any atom is -0.465 e. The molecule has 0 aliphatic carbocycles. The van der Waals surface area contributed by atoms with Crippen molar-refractivity contribution in [3.8, 4) is 0 Å². The predicted molar refractivity (Wildman–Crippen MR) is 127 cm³/mol. The number of nitrogens with one attached hydrogen (secondary N) is 1. The predicted octanol–water partition coefficient (Wildman–Crippen LogP) is 5.18. The standard InChI is InChI=1S/C28H27NO3/c1-2-32-28(31)26(27(30)24-18-17-20-11-9-10-16-23(20)19-24)29-25(21-12-5-3-6-13-21)22-14-7-4-8-15-22/h3-19,25-27,29-30H,2H2,1H3/t26-,27+/m1/s1. The number of aliphatic hydroxyl groups is 1. The number of carbonyl (C=O) groups excluding carboxylic acids is 1. The van der Waals surface area contributed by atoms with Gasteiger partial charge in [0.1, 0.15) is 12.1 Å². The number of ether oxygens (including phenoxy) is 1. The topological polar surface area (TPSA) is 58.6 Å². The van der Waals surface area contributed by atoms with E-state index in [1.165, 1.54) is 0 Å². The molecule has 0 amide bonds. The molecule has 0 spiro atoms. The fourth-order valence-electron chi connectivity index (χ4n) is 3.96. The molecule has 0 aromatic heterocycles. The Hall–Kier alpha value is -3.47. The van der Waals surface area contributed by atoms with Gasteiger partial charge in [0.25, 0.3) is 0 Å². The van der Waals surface area contributed by atoms with Crippen LogP contribution in [-0.4, -0.2) is 23.7 Å². The van der Waals surface area contributed by atoms with Gasteiger partial charge in [-0.05, 0) is 40.5 Å². The van der Waals surface area contributed by atoms with Gasteiger partial charge >= 0.3 is 5.97 Å². The molecular formula is C28H27NO3. The Morgan fingerprint density at radius 3 is 1.94 bits per heavy atom. The lowest BCUT2D eigenvalue weighted by Crippen LogP contribution is -2.45. The summed E-state index contributed by atoms with van der Waals surface area (Å²) in [6, 6.07) is 32.3. The number of carbonyl (C=O) groups is 1. The summed E-state index contributed by atoms with van der Waals surface area (Å²) in [6.45, 7) is 2.01. The highest BCUT2D eigenvalue weighted by Crippen LogP contribution is 2.28. The molecule has 0 saturated carbocycles. The first-order valence-corrected chi connectivity index (χ1v) is 10.9. The van der Waals surface area contributed by atoms with E-state index in [1.54, 1.807) is 6.92 Å². The van der Waals surface area contributed by atoms with Gasteiger partial charge in [0.2, 0.25) is 0 Å². The first-order valence-electron chi connectivity index (χ1n) is 10.9. The summed E-state index contributed by atoms with van der Waals surface area (Å²) in [6.07, 6.45) is -1.08. The van der Waals surface area contributed by atoms with E-state index < -0.39 is 18.1 Å². The van der Waals surface area contributed by atoms with Crippen LogP contribution in [0.15, 0.2) is 103 Å². The van der Waals surface area contributed by atoms with Crippen molar-refractivity contribution < 1.29 is 14.6 Å². The van der Waals surface area contributed by atoms with Crippen LogP contribution in [0.2, 0.25) is 0 Å². The van der Waals surface area contributed by atoms with E-state index >= 15 is 0 Å². The number of rotatable bonds is 8. The van der Waals surface area contributed by atoms with Gasteiger partial charge in [0, 0.05) is 0 Å². The third-order valence-electron chi connectivity index (χ3n) is 5.58. The molecule has 4 aromatic rings. The molecule has 4 aromatic carbocycles. The van der Waals surface area contributed by atoms with E-state index in [9.17, 15) is 9.90 Å². The zero-order chi connectivity index (χ0) is 22.3. The summed E-state index contributed by atoms with van der Waals surface area (Å²) in [5, 5.41) is 16.8. The summed E-state index contributed by atoms with van der Waals surface area (Å²) in [5.41, 5.74) is 2.66. The van der Waals surface area contributed by atoms with Crippen molar-refractivity contribution in [3.05, 3.63) is 120 Å². The minimum atomic E-state index is -1.08. The Labute approximate surface area is 188 Å². The quantitative estimate of drug-likeness (QED) is 0.382. The highest BCUT2D eigenvalue weighted by molar-refractivity contribution is 5.83. The normalized spacial score (nSPS) is 13.1. The number of hydrogen-bond acceptors (Lipinski definition) is 4. The molecule has 2 N–H and O–H groups in total. The third-order valence-corrected chi connectivity index (χ3v) is 5.58. The lowest BCUT2D eigenvalue weighted by molar-refractivity contribution is -0.149. The van der Waals surface area contributed by atoms with Crippen LogP contribution in [0.3, 0.4) is 0 Å². The highest BCUT2D eigenvalue weighted by atomic mass is 16.5. The summed E-state index contributed by atoms with van der Waals surface area (Å²) in [4.78, 5) is 13.0. The summed E-state index contributed by atoms with van der Waals surface area (Å²) in [7, 11) is 0.